The van der Waals surface area contributed by atoms with Gasteiger partial charge in [0.1, 0.15) is 16.5 Å². The summed E-state index contributed by atoms with van der Waals surface area (Å²) in [6.07, 6.45) is 7.00. The highest BCUT2D eigenvalue weighted by Gasteiger charge is 2.44. The highest BCUT2D eigenvalue weighted by Crippen LogP contribution is 2.45. The van der Waals surface area contributed by atoms with Crippen molar-refractivity contribution in [3.8, 4) is 22.4 Å². The summed E-state index contributed by atoms with van der Waals surface area (Å²) in [6, 6.07) is 9.31. The van der Waals surface area contributed by atoms with Crippen LogP contribution in [0.5, 0.6) is 0 Å². The van der Waals surface area contributed by atoms with Crippen LogP contribution in [0.4, 0.5) is 15.0 Å². The van der Waals surface area contributed by atoms with Crippen molar-refractivity contribution in [2.75, 3.05) is 12.0 Å². The van der Waals surface area contributed by atoms with Crippen LogP contribution in [0.15, 0.2) is 53.7 Å². The number of fused-ring (bicyclic) bond motifs is 3. The summed E-state index contributed by atoms with van der Waals surface area (Å²) in [5.74, 6) is -0.601. The van der Waals surface area contributed by atoms with Gasteiger partial charge in [-0.15, -0.1) is 0 Å². The number of rotatable bonds is 4. The molecule has 2 saturated heterocycles. The Balaban J connectivity index is 1.45. The highest BCUT2D eigenvalue weighted by molar-refractivity contribution is 7.91. The van der Waals surface area contributed by atoms with Crippen LogP contribution in [-0.2, 0) is 9.84 Å². The van der Waals surface area contributed by atoms with E-state index >= 15 is 0 Å². The molecule has 1 unspecified atom stereocenters. The molecule has 2 amide bonds. The van der Waals surface area contributed by atoms with Gasteiger partial charge in [-0.2, -0.15) is 9.61 Å². The van der Waals surface area contributed by atoms with Gasteiger partial charge in [0, 0.05) is 47.1 Å². The van der Waals surface area contributed by atoms with E-state index in [4.69, 9.17) is 16.5 Å². The molecule has 38 heavy (non-hydrogen) atoms. The average Bonchev–Trinajstić information content (AvgIpc) is 3.42. The number of pyridine rings is 1. The molecule has 1 aromatic carbocycles. The van der Waals surface area contributed by atoms with E-state index in [9.17, 15) is 17.6 Å². The first-order valence-corrected chi connectivity index (χ1v) is 14.2. The Morgan fingerprint density at radius 3 is 2.37 bits per heavy atom. The molecule has 10 nitrogen and oxygen atoms in total. The maximum absolute atomic E-state index is 14.2. The fourth-order valence-corrected chi connectivity index (χ4v) is 7.08. The molecule has 4 N–H and O–H groups in total. The van der Waals surface area contributed by atoms with Gasteiger partial charge in [-0.05, 0) is 43.9 Å². The molecular formula is C26H26FN7O3S. The number of aromatic nitrogens is 4. The minimum absolute atomic E-state index is 0.0145. The van der Waals surface area contributed by atoms with E-state index in [1.165, 1.54) is 10.6 Å². The summed E-state index contributed by atoms with van der Waals surface area (Å²) in [6.45, 7) is 0. The van der Waals surface area contributed by atoms with E-state index < -0.39 is 15.9 Å². The zero-order valence-electron chi connectivity index (χ0n) is 20.6. The molecule has 3 aromatic heterocycles. The van der Waals surface area contributed by atoms with E-state index in [1.54, 1.807) is 47.6 Å². The lowest BCUT2D eigenvalue weighted by molar-refractivity contribution is 0.144. The Hall–Kier alpha value is -4.06. The molecular weight excluding hydrogens is 509 g/mol. The maximum atomic E-state index is 14.2. The Kier molecular flexibility index (Phi) is 5.60. The van der Waals surface area contributed by atoms with E-state index in [1.807, 2.05) is 0 Å². The van der Waals surface area contributed by atoms with Crippen LogP contribution in [0, 0.1) is 5.82 Å². The quantitative estimate of drug-likeness (QED) is 0.407. The number of urea groups is 1. The first kappa shape index (κ1) is 24.3. The van der Waals surface area contributed by atoms with Crippen LogP contribution in [0.3, 0.4) is 0 Å². The molecule has 12 heteroatoms. The molecule has 2 bridgehead atoms. The minimum atomic E-state index is -3.75. The Labute approximate surface area is 218 Å². The number of amides is 2. The van der Waals surface area contributed by atoms with Gasteiger partial charge in [0.15, 0.2) is 15.5 Å². The van der Waals surface area contributed by atoms with Crippen molar-refractivity contribution in [2.45, 2.75) is 48.6 Å². The predicted molar refractivity (Wildman–Crippen MR) is 139 cm³/mol. The Bertz CT molecular complexity index is 1670. The lowest BCUT2D eigenvalue weighted by Gasteiger charge is -2.38. The summed E-state index contributed by atoms with van der Waals surface area (Å²) in [5.41, 5.74) is 15.0. The van der Waals surface area contributed by atoms with E-state index in [-0.39, 0.29) is 34.5 Å². The zero-order chi connectivity index (χ0) is 26.8. The summed E-state index contributed by atoms with van der Waals surface area (Å²) in [5, 5.41) is 4.33. The van der Waals surface area contributed by atoms with Crippen molar-refractivity contribution in [3.63, 3.8) is 0 Å². The number of piperidine rings is 1. The topological polar surface area (TPSA) is 150 Å². The number of sulfone groups is 1. The van der Waals surface area contributed by atoms with Crippen molar-refractivity contribution < 1.29 is 17.6 Å². The van der Waals surface area contributed by atoms with Crippen molar-refractivity contribution in [1.29, 1.82) is 0 Å². The number of carbonyl (C=O) groups is 1. The van der Waals surface area contributed by atoms with Gasteiger partial charge in [0.25, 0.3) is 0 Å². The van der Waals surface area contributed by atoms with Crippen LogP contribution in [-0.4, -0.2) is 57.3 Å². The Morgan fingerprint density at radius 2 is 1.76 bits per heavy atom. The highest BCUT2D eigenvalue weighted by atomic mass is 32.2. The third-order valence-corrected chi connectivity index (χ3v) is 8.79. The van der Waals surface area contributed by atoms with Crippen LogP contribution in [0.2, 0.25) is 0 Å². The van der Waals surface area contributed by atoms with Crippen molar-refractivity contribution in [2.24, 2.45) is 5.73 Å². The van der Waals surface area contributed by atoms with Gasteiger partial charge in [0.2, 0.25) is 0 Å². The molecule has 2 aliphatic rings. The van der Waals surface area contributed by atoms with Crippen LogP contribution in [0.1, 0.15) is 37.3 Å². The molecule has 0 spiro atoms. The Morgan fingerprint density at radius 1 is 1.05 bits per heavy atom. The lowest BCUT2D eigenvalue weighted by Crippen LogP contribution is -2.48. The second-order valence-corrected chi connectivity index (χ2v) is 11.9. The van der Waals surface area contributed by atoms with Gasteiger partial charge in [-0.1, -0.05) is 18.2 Å². The van der Waals surface area contributed by atoms with E-state index in [0.717, 1.165) is 19.1 Å². The molecule has 4 aromatic rings. The van der Waals surface area contributed by atoms with Crippen LogP contribution in [0.25, 0.3) is 28.0 Å². The lowest BCUT2D eigenvalue weighted by atomic mass is 9.88. The summed E-state index contributed by atoms with van der Waals surface area (Å²) in [4.78, 5) is 22.9. The SMILES string of the molecule is CS(=O)(=O)c1c([C@H]2CC3CC[C@@H](C2)N3C(N)=O)nc2c(-c3ccc(-c4ccccc4F)nc3)cnn2c1N. The largest absolute Gasteiger partial charge is 0.382 e. The molecule has 5 heterocycles. The number of nitrogen functional groups attached to an aromatic ring is 1. The molecule has 0 radical (unpaired) electrons. The van der Waals surface area contributed by atoms with Crippen LogP contribution < -0.4 is 11.5 Å². The van der Waals surface area contributed by atoms with Gasteiger partial charge < -0.3 is 16.4 Å². The summed E-state index contributed by atoms with van der Waals surface area (Å²) >= 11 is 0. The van der Waals surface area contributed by atoms with E-state index in [0.29, 0.717) is 46.6 Å². The molecule has 0 saturated carbocycles. The maximum Gasteiger partial charge on any atom is 0.315 e. The summed E-state index contributed by atoms with van der Waals surface area (Å²) in [7, 11) is -3.75. The number of hydrogen-bond donors (Lipinski definition) is 2. The van der Waals surface area contributed by atoms with Crippen molar-refractivity contribution in [1.82, 2.24) is 24.5 Å². The third-order valence-electron chi connectivity index (χ3n) is 7.63. The standard InChI is InChI=1S/C26H26FN7O3S/c1-38(36,37)23-22(15-10-16-7-8-17(11-15)33(16)26(29)35)32-25-19(13-31-34(25)24(23)28)14-6-9-21(30-12-14)18-4-2-3-5-20(18)27/h2-6,9,12-13,15-17H,7-8,10-11,28H2,1H3,(H2,29,35)/t15-,16+,17?/m1/s1. The van der Waals surface area contributed by atoms with Crippen molar-refractivity contribution >= 4 is 27.3 Å². The number of hydrogen-bond acceptors (Lipinski definition) is 7. The number of carbonyl (C=O) groups excluding carboxylic acids is 1. The molecule has 6 rings (SSSR count). The average molecular weight is 536 g/mol. The van der Waals surface area contributed by atoms with Gasteiger partial charge in [-0.25, -0.2) is 22.6 Å². The second-order valence-electron chi connectivity index (χ2n) is 9.99. The summed E-state index contributed by atoms with van der Waals surface area (Å²) < 4.78 is 41.4. The van der Waals surface area contributed by atoms with Gasteiger partial charge in [0.05, 0.1) is 17.6 Å². The molecule has 2 fully saturated rings. The number of primary amides is 1. The number of halogens is 1. The first-order chi connectivity index (χ1) is 18.1. The van der Waals surface area contributed by atoms with Crippen LogP contribution >= 0.6 is 0 Å². The third kappa shape index (κ3) is 3.87. The van der Waals surface area contributed by atoms with Crippen molar-refractivity contribution in [3.05, 3.63) is 60.3 Å². The normalized spacial score (nSPS) is 21.2. The molecule has 3 atom stereocenters. The smallest absolute Gasteiger partial charge is 0.315 e. The first-order valence-electron chi connectivity index (χ1n) is 12.3. The van der Waals surface area contributed by atoms with Gasteiger partial charge >= 0.3 is 6.03 Å². The zero-order valence-corrected chi connectivity index (χ0v) is 21.4. The number of anilines is 1. The van der Waals surface area contributed by atoms with Gasteiger partial charge in [-0.3, -0.25) is 4.98 Å². The molecule has 0 aliphatic carbocycles. The second kappa shape index (κ2) is 8.76. The number of benzene rings is 1. The number of nitrogens with zero attached hydrogens (tertiary/aromatic N) is 5. The monoisotopic (exact) mass is 535 g/mol. The van der Waals surface area contributed by atoms with E-state index in [2.05, 4.69) is 10.1 Å². The fourth-order valence-electron chi connectivity index (χ4n) is 6.02. The fraction of sp³-hybridized carbons (Fsp3) is 0.308. The minimum Gasteiger partial charge on any atom is -0.382 e. The molecule has 2 aliphatic heterocycles. The number of nitrogens with two attached hydrogens (primary N) is 2. The molecule has 196 valence electrons. The predicted octanol–water partition coefficient (Wildman–Crippen LogP) is 3.37.